The molecular weight excluding hydrogens is 312 g/mol. The zero-order valence-corrected chi connectivity index (χ0v) is 13.7. The molecule has 0 bridgehead atoms. The molecule has 0 fully saturated rings. The molecule has 3 rings (SSSR count). The third-order valence-corrected chi connectivity index (χ3v) is 5.17. The molecule has 0 radical (unpaired) electrons. The molecule has 0 aliphatic rings. The number of hydrogen-bond acceptors (Lipinski definition) is 5. The fourth-order valence-corrected chi connectivity index (χ4v) is 3.92. The van der Waals surface area contributed by atoms with Gasteiger partial charge >= 0.3 is 0 Å². The Kier molecular flexibility index (Phi) is 4.65. The van der Waals surface area contributed by atoms with Gasteiger partial charge in [0.15, 0.2) is 5.01 Å². The van der Waals surface area contributed by atoms with Crippen molar-refractivity contribution >= 4 is 45.2 Å². The molecule has 110 valence electrons. The minimum absolute atomic E-state index is 0.0840. The van der Waals surface area contributed by atoms with E-state index in [0.29, 0.717) is 5.01 Å². The summed E-state index contributed by atoms with van der Waals surface area (Å²) in [5.74, 6) is 0.916. The molecule has 0 spiro atoms. The molecular formula is C17H14N2OS2. The Morgan fingerprint density at radius 3 is 2.95 bits per heavy atom. The van der Waals surface area contributed by atoms with Crippen molar-refractivity contribution in [2.45, 2.75) is 11.8 Å². The van der Waals surface area contributed by atoms with Crippen LogP contribution >= 0.6 is 23.1 Å². The van der Waals surface area contributed by atoms with Crippen molar-refractivity contribution in [2.24, 2.45) is 0 Å². The lowest BCUT2D eigenvalue weighted by Gasteiger charge is -1.97. The van der Waals surface area contributed by atoms with E-state index < -0.39 is 0 Å². The summed E-state index contributed by atoms with van der Waals surface area (Å²) < 4.78 is 1.09. The summed E-state index contributed by atoms with van der Waals surface area (Å²) in [7, 11) is 0. The Morgan fingerprint density at radius 1 is 1.27 bits per heavy atom. The van der Waals surface area contributed by atoms with Crippen molar-refractivity contribution in [1.82, 2.24) is 9.97 Å². The van der Waals surface area contributed by atoms with E-state index in [4.69, 9.17) is 0 Å². The van der Waals surface area contributed by atoms with Crippen molar-refractivity contribution in [3.8, 4) is 0 Å². The lowest BCUT2D eigenvalue weighted by atomic mass is 10.3. The molecule has 3 aromatic rings. The van der Waals surface area contributed by atoms with Gasteiger partial charge in [-0.15, -0.1) is 23.1 Å². The van der Waals surface area contributed by atoms with E-state index in [0.717, 1.165) is 21.7 Å². The second-order valence-corrected chi connectivity index (χ2v) is 6.81. The van der Waals surface area contributed by atoms with E-state index in [2.05, 4.69) is 23.0 Å². The normalized spacial score (nSPS) is 11.3. The van der Waals surface area contributed by atoms with Crippen LogP contribution in [0.25, 0.3) is 16.3 Å². The summed E-state index contributed by atoms with van der Waals surface area (Å²) in [6, 6.07) is 11.6. The molecule has 0 atom stereocenters. The molecule has 3 nitrogen and oxygen atoms in total. The average molecular weight is 326 g/mol. The first-order valence-electron chi connectivity index (χ1n) is 6.93. The minimum Gasteiger partial charge on any atom is -0.287 e. The van der Waals surface area contributed by atoms with Gasteiger partial charge in [-0.3, -0.25) is 9.78 Å². The molecule has 2 aromatic heterocycles. The highest BCUT2D eigenvalue weighted by Gasteiger charge is 2.12. The number of carbonyl (C=O) groups excluding carboxylic acids is 1. The number of fused-ring (bicyclic) bond motifs is 1. The van der Waals surface area contributed by atoms with Crippen LogP contribution in [-0.2, 0) is 0 Å². The maximum Gasteiger partial charge on any atom is 0.214 e. The second kappa shape index (κ2) is 6.85. The number of allylic oxidation sites excluding steroid dienone is 1. The SMILES string of the molecule is CCSc1cccc2nc(C(=O)/C=C/c3ccccn3)sc12. The van der Waals surface area contributed by atoms with Crippen molar-refractivity contribution in [2.75, 3.05) is 5.75 Å². The molecule has 2 heterocycles. The number of hydrogen-bond donors (Lipinski definition) is 0. The van der Waals surface area contributed by atoms with Crippen molar-refractivity contribution in [3.05, 3.63) is 59.4 Å². The maximum atomic E-state index is 12.3. The molecule has 22 heavy (non-hydrogen) atoms. The van der Waals surface area contributed by atoms with Gasteiger partial charge in [-0.2, -0.15) is 0 Å². The Bertz CT molecular complexity index is 825. The quantitative estimate of drug-likeness (QED) is 0.387. The number of nitrogens with zero attached hydrogens (tertiary/aromatic N) is 2. The molecule has 0 saturated heterocycles. The first-order valence-corrected chi connectivity index (χ1v) is 8.74. The zero-order chi connectivity index (χ0) is 15.4. The van der Waals surface area contributed by atoms with E-state index in [1.165, 1.54) is 22.3 Å². The van der Waals surface area contributed by atoms with Crippen LogP contribution in [0.1, 0.15) is 22.4 Å². The Hall–Kier alpha value is -1.98. The first-order chi connectivity index (χ1) is 10.8. The summed E-state index contributed by atoms with van der Waals surface area (Å²) in [5, 5.41) is 0.520. The predicted molar refractivity (Wildman–Crippen MR) is 93.6 cm³/mol. The zero-order valence-electron chi connectivity index (χ0n) is 12.0. The summed E-state index contributed by atoms with van der Waals surface area (Å²) >= 11 is 3.23. The van der Waals surface area contributed by atoms with Crippen molar-refractivity contribution < 1.29 is 4.79 Å². The van der Waals surface area contributed by atoms with Crippen LogP contribution in [0.4, 0.5) is 0 Å². The average Bonchev–Trinajstić information content (AvgIpc) is 2.99. The van der Waals surface area contributed by atoms with Gasteiger partial charge < -0.3 is 0 Å². The van der Waals surface area contributed by atoms with Crippen molar-refractivity contribution in [1.29, 1.82) is 0 Å². The smallest absolute Gasteiger partial charge is 0.214 e. The van der Waals surface area contributed by atoms with Crippen LogP contribution in [0.3, 0.4) is 0 Å². The van der Waals surface area contributed by atoms with Crippen LogP contribution < -0.4 is 0 Å². The summed E-state index contributed by atoms with van der Waals surface area (Å²) in [5.41, 5.74) is 1.65. The van der Waals surface area contributed by atoms with Gasteiger partial charge in [0.25, 0.3) is 0 Å². The number of rotatable bonds is 5. The lowest BCUT2D eigenvalue weighted by molar-refractivity contribution is 0.104. The molecule has 0 amide bonds. The molecule has 0 N–H and O–H groups in total. The standard InChI is InChI=1S/C17H14N2OS2/c1-2-21-15-8-5-7-13-16(15)22-17(19-13)14(20)10-9-12-6-3-4-11-18-12/h3-11H,2H2,1H3/b10-9+. The largest absolute Gasteiger partial charge is 0.287 e. The molecule has 0 aliphatic carbocycles. The minimum atomic E-state index is -0.0840. The fourth-order valence-electron chi connectivity index (χ4n) is 2.01. The summed E-state index contributed by atoms with van der Waals surface area (Å²) in [4.78, 5) is 22.1. The van der Waals surface area contributed by atoms with Crippen LogP contribution in [0.5, 0.6) is 0 Å². The van der Waals surface area contributed by atoms with E-state index >= 15 is 0 Å². The second-order valence-electron chi connectivity index (χ2n) is 4.51. The Labute approximate surface area is 137 Å². The van der Waals surface area contributed by atoms with Gasteiger partial charge in [-0.1, -0.05) is 19.1 Å². The van der Waals surface area contributed by atoms with Gasteiger partial charge in [0.1, 0.15) is 0 Å². The predicted octanol–water partition coefficient (Wildman–Crippen LogP) is 4.70. The number of ketones is 1. The van der Waals surface area contributed by atoms with E-state index in [-0.39, 0.29) is 5.78 Å². The number of benzene rings is 1. The molecule has 0 aliphatic heterocycles. The maximum absolute atomic E-state index is 12.3. The van der Waals surface area contributed by atoms with E-state index in [1.54, 1.807) is 24.0 Å². The topological polar surface area (TPSA) is 42.9 Å². The van der Waals surface area contributed by atoms with Gasteiger partial charge in [0.05, 0.1) is 15.9 Å². The molecule has 0 unspecified atom stereocenters. The van der Waals surface area contributed by atoms with Crippen LogP contribution in [-0.4, -0.2) is 21.5 Å². The number of thioether (sulfide) groups is 1. The fraction of sp³-hybridized carbons (Fsp3) is 0.118. The summed E-state index contributed by atoms with van der Waals surface area (Å²) in [6.07, 6.45) is 4.96. The number of pyridine rings is 1. The summed E-state index contributed by atoms with van der Waals surface area (Å²) in [6.45, 7) is 2.12. The van der Waals surface area contributed by atoms with Crippen molar-refractivity contribution in [3.63, 3.8) is 0 Å². The van der Waals surface area contributed by atoms with Gasteiger partial charge in [-0.05, 0) is 42.2 Å². The number of thiazole rings is 1. The highest BCUT2D eigenvalue weighted by molar-refractivity contribution is 7.99. The highest BCUT2D eigenvalue weighted by atomic mass is 32.2. The van der Waals surface area contributed by atoms with Gasteiger partial charge in [0, 0.05) is 11.1 Å². The first kappa shape index (κ1) is 14.9. The van der Waals surface area contributed by atoms with Gasteiger partial charge in [0.2, 0.25) is 5.78 Å². The monoisotopic (exact) mass is 326 g/mol. The lowest BCUT2D eigenvalue weighted by Crippen LogP contribution is -1.92. The Morgan fingerprint density at radius 2 is 2.18 bits per heavy atom. The van der Waals surface area contributed by atoms with Crippen LogP contribution in [0, 0.1) is 0 Å². The van der Waals surface area contributed by atoms with Crippen LogP contribution in [0.15, 0.2) is 53.6 Å². The van der Waals surface area contributed by atoms with E-state index in [9.17, 15) is 4.79 Å². The molecule has 5 heteroatoms. The van der Waals surface area contributed by atoms with Crippen LogP contribution in [0.2, 0.25) is 0 Å². The third kappa shape index (κ3) is 3.26. The molecule has 1 aromatic carbocycles. The van der Waals surface area contributed by atoms with E-state index in [1.807, 2.05) is 30.3 Å². The Balaban J connectivity index is 1.88. The van der Waals surface area contributed by atoms with Gasteiger partial charge in [-0.25, -0.2) is 4.98 Å². The third-order valence-electron chi connectivity index (χ3n) is 2.98. The highest BCUT2D eigenvalue weighted by Crippen LogP contribution is 2.32. The molecule has 0 saturated carbocycles. The number of carbonyl (C=O) groups is 1. The number of aromatic nitrogens is 2.